The van der Waals surface area contributed by atoms with E-state index in [9.17, 15) is 19.2 Å². The lowest BCUT2D eigenvalue weighted by Gasteiger charge is -2.29. The topological polar surface area (TPSA) is 117 Å². The number of carbonyl (C=O) groups is 4. The van der Waals surface area contributed by atoms with Crippen molar-refractivity contribution in [2.24, 2.45) is 11.0 Å². The van der Waals surface area contributed by atoms with Crippen LogP contribution in [0.3, 0.4) is 0 Å². The number of hydrogen-bond donors (Lipinski definition) is 2. The van der Waals surface area contributed by atoms with Gasteiger partial charge in [-0.05, 0) is 30.9 Å². The van der Waals surface area contributed by atoms with Crippen LogP contribution < -0.4 is 15.6 Å². The van der Waals surface area contributed by atoms with E-state index in [1.807, 2.05) is 0 Å². The fraction of sp³-hybridized carbons (Fsp3) is 0.476. The smallest absolute Gasteiger partial charge is 0.355 e. The molecule has 0 radical (unpaired) electrons. The van der Waals surface area contributed by atoms with Gasteiger partial charge in [0.15, 0.2) is 6.61 Å². The summed E-state index contributed by atoms with van der Waals surface area (Å²) in [5.74, 6) is -1.39. The number of carbonyl (C=O) groups excluding carboxylic acids is 4. The first-order valence-corrected chi connectivity index (χ1v) is 10.2. The molecule has 1 fully saturated rings. The molecule has 1 aliphatic carbocycles. The SMILES string of the molecule is C[C@H]1CCCC[C@@H]1NC(=O)NC(=O)COC(=O)C1=NN(c2ccccc2)C(=O)CC1. The molecule has 1 saturated carbocycles. The van der Waals surface area contributed by atoms with Crippen LogP contribution in [0.1, 0.15) is 45.4 Å². The Morgan fingerprint density at radius 2 is 1.87 bits per heavy atom. The van der Waals surface area contributed by atoms with Gasteiger partial charge in [-0.1, -0.05) is 38.0 Å². The standard InChI is InChI=1S/C21H26N4O5/c1-14-7-5-6-10-16(14)22-21(29)23-18(26)13-30-20(28)17-11-12-19(27)25(24-17)15-8-3-2-4-9-15/h2-4,8-9,14,16H,5-7,10-13H2,1H3,(H2,22,23,26,29)/t14-,16-/m0/s1. The highest BCUT2D eigenvalue weighted by atomic mass is 16.5. The number of amides is 4. The molecule has 30 heavy (non-hydrogen) atoms. The van der Waals surface area contributed by atoms with Gasteiger partial charge in [-0.15, -0.1) is 0 Å². The number of hydrogen-bond acceptors (Lipinski definition) is 6. The first-order chi connectivity index (χ1) is 14.4. The molecular weight excluding hydrogens is 388 g/mol. The third kappa shape index (κ3) is 5.65. The van der Waals surface area contributed by atoms with Gasteiger partial charge in [0.05, 0.1) is 5.69 Å². The fourth-order valence-electron chi connectivity index (χ4n) is 3.58. The van der Waals surface area contributed by atoms with Crippen LogP contribution in [0.4, 0.5) is 10.5 Å². The lowest BCUT2D eigenvalue weighted by molar-refractivity contribution is -0.142. The van der Waals surface area contributed by atoms with Gasteiger partial charge in [0.1, 0.15) is 5.71 Å². The molecule has 2 N–H and O–H groups in total. The summed E-state index contributed by atoms with van der Waals surface area (Å²) in [6.45, 7) is 1.47. The fourth-order valence-corrected chi connectivity index (χ4v) is 3.58. The Labute approximate surface area is 174 Å². The Kier molecular flexibility index (Phi) is 7.16. The summed E-state index contributed by atoms with van der Waals surface area (Å²) in [7, 11) is 0. The Morgan fingerprint density at radius 3 is 2.60 bits per heavy atom. The van der Waals surface area contributed by atoms with Crippen molar-refractivity contribution in [1.82, 2.24) is 10.6 Å². The van der Waals surface area contributed by atoms with Crippen molar-refractivity contribution in [3.8, 4) is 0 Å². The van der Waals surface area contributed by atoms with Crippen LogP contribution in [0.15, 0.2) is 35.4 Å². The van der Waals surface area contributed by atoms with E-state index in [0.717, 1.165) is 30.7 Å². The van der Waals surface area contributed by atoms with E-state index in [1.54, 1.807) is 30.3 Å². The molecule has 1 aliphatic heterocycles. The maximum absolute atomic E-state index is 12.3. The maximum atomic E-state index is 12.3. The Morgan fingerprint density at radius 1 is 1.13 bits per heavy atom. The highest BCUT2D eigenvalue weighted by Crippen LogP contribution is 2.23. The normalized spacial score (nSPS) is 21.4. The van der Waals surface area contributed by atoms with Crippen LogP contribution in [-0.4, -0.2) is 42.2 Å². The zero-order valence-corrected chi connectivity index (χ0v) is 16.9. The van der Waals surface area contributed by atoms with Crippen molar-refractivity contribution >= 4 is 35.2 Å². The van der Waals surface area contributed by atoms with Crippen molar-refractivity contribution in [2.45, 2.75) is 51.5 Å². The number of nitrogens with one attached hydrogen (secondary N) is 2. The number of hydrazone groups is 1. The minimum absolute atomic E-state index is 0.0344. The van der Waals surface area contributed by atoms with Gasteiger partial charge in [-0.3, -0.25) is 14.9 Å². The second-order valence-corrected chi connectivity index (χ2v) is 7.55. The molecule has 0 spiro atoms. The largest absolute Gasteiger partial charge is 0.451 e. The number of para-hydroxylation sites is 1. The number of esters is 1. The molecular formula is C21H26N4O5. The Balaban J connectivity index is 1.49. The number of nitrogens with zero attached hydrogens (tertiary/aromatic N) is 2. The molecule has 2 aliphatic rings. The van der Waals surface area contributed by atoms with Crippen LogP contribution in [0.25, 0.3) is 0 Å². The molecule has 0 bridgehead atoms. The first-order valence-electron chi connectivity index (χ1n) is 10.2. The summed E-state index contributed by atoms with van der Waals surface area (Å²) in [5.41, 5.74) is 0.589. The van der Waals surface area contributed by atoms with Crippen molar-refractivity contribution in [2.75, 3.05) is 11.6 Å². The molecule has 1 aromatic carbocycles. The molecule has 0 unspecified atom stereocenters. The Hall–Kier alpha value is -3.23. The zero-order valence-electron chi connectivity index (χ0n) is 16.9. The van der Waals surface area contributed by atoms with Gasteiger partial charge >= 0.3 is 12.0 Å². The molecule has 9 nitrogen and oxygen atoms in total. The number of anilines is 1. The summed E-state index contributed by atoms with van der Waals surface area (Å²) in [6.07, 6.45) is 4.35. The highest BCUT2D eigenvalue weighted by molar-refractivity contribution is 6.38. The number of rotatable bonds is 5. The van der Waals surface area contributed by atoms with Crippen LogP contribution in [0.2, 0.25) is 0 Å². The van der Waals surface area contributed by atoms with Crippen molar-refractivity contribution in [1.29, 1.82) is 0 Å². The number of ether oxygens (including phenoxy) is 1. The van der Waals surface area contributed by atoms with Gasteiger partial charge < -0.3 is 10.1 Å². The summed E-state index contributed by atoms with van der Waals surface area (Å²) >= 11 is 0. The number of benzene rings is 1. The molecule has 3 rings (SSSR count). The van der Waals surface area contributed by atoms with E-state index >= 15 is 0 Å². The molecule has 1 aromatic rings. The summed E-state index contributed by atoms with van der Waals surface area (Å²) in [6, 6.07) is 8.17. The summed E-state index contributed by atoms with van der Waals surface area (Å²) in [4.78, 5) is 48.3. The second kappa shape index (κ2) is 10.00. The van der Waals surface area contributed by atoms with Crippen molar-refractivity contribution in [3.63, 3.8) is 0 Å². The average molecular weight is 414 g/mol. The maximum Gasteiger partial charge on any atom is 0.355 e. The van der Waals surface area contributed by atoms with Crippen LogP contribution in [-0.2, 0) is 19.1 Å². The van der Waals surface area contributed by atoms with Gasteiger partial charge in [0.25, 0.3) is 5.91 Å². The van der Waals surface area contributed by atoms with Crippen molar-refractivity contribution < 1.29 is 23.9 Å². The minimum Gasteiger partial charge on any atom is -0.451 e. The van der Waals surface area contributed by atoms with Gasteiger partial charge in [-0.2, -0.15) is 5.10 Å². The average Bonchev–Trinajstić information content (AvgIpc) is 2.74. The third-order valence-electron chi connectivity index (χ3n) is 5.28. The van der Waals surface area contributed by atoms with E-state index in [2.05, 4.69) is 22.7 Å². The molecule has 4 amide bonds. The predicted octanol–water partition coefficient (Wildman–Crippen LogP) is 2.12. The quantitative estimate of drug-likeness (QED) is 0.716. The number of imide groups is 1. The van der Waals surface area contributed by atoms with E-state index in [0.29, 0.717) is 11.6 Å². The monoisotopic (exact) mass is 414 g/mol. The molecule has 1 heterocycles. The zero-order chi connectivity index (χ0) is 21.5. The van der Waals surface area contributed by atoms with Crippen LogP contribution in [0.5, 0.6) is 0 Å². The van der Waals surface area contributed by atoms with E-state index < -0.39 is 24.5 Å². The van der Waals surface area contributed by atoms with E-state index in [-0.39, 0.29) is 30.5 Å². The lowest BCUT2D eigenvalue weighted by atomic mass is 9.86. The molecule has 0 saturated heterocycles. The molecule has 9 heteroatoms. The van der Waals surface area contributed by atoms with Crippen LogP contribution >= 0.6 is 0 Å². The first kappa shape index (κ1) is 21.5. The predicted molar refractivity (Wildman–Crippen MR) is 110 cm³/mol. The Bertz CT molecular complexity index is 839. The van der Waals surface area contributed by atoms with Gasteiger partial charge in [0, 0.05) is 18.9 Å². The number of urea groups is 1. The summed E-state index contributed by atoms with van der Waals surface area (Å²) in [5, 5.41) is 10.2. The van der Waals surface area contributed by atoms with Gasteiger partial charge in [-0.25, -0.2) is 14.6 Å². The minimum atomic E-state index is -0.792. The molecule has 0 aromatic heterocycles. The van der Waals surface area contributed by atoms with E-state index in [4.69, 9.17) is 4.74 Å². The molecule has 160 valence electrons. The van der Waals surface area contributed by atoms with Crippen molar-refractivity contribution in [3.05, 3.63) is 30.3 Å². The second-order valence-electron chi connectivity index (χ2n) is 7.55. The highest BCUT2D eigenvalue weighted by Gasteiger charge is 2.27. The van der Waals surface area contributed by atoms with Gasteiger partial charge in [0.2, 0.25) is 5.91 Å². The van der Waals surface area contributed by atoms with E-state index in [1.165, 1.54) is 0 Å². The van der Waals surface area contributed by atoms with Crippen LogP contribution in [0, 0.1) is 5.92 Å². The third-order valence-corrected chi connectivity index (χ3v) is 5.28. The lowest BCUT2D eigenvalue weighted by Crippen LogP contribution is -2.48. The molecule has 2 atom stereocenters. The summed E-state index contributed by atoms with van der Waals surface area (Å²) < 4.78 is 4.98.